The molecule has 0 aliphatic carbocycles. The molecule has 1 amide bonds. The zero-order valence-corrected chi connectivity index (χ0v) is 13.8. The maximum Gasteiger partial charge on any atom is 0.573 e. The number of carboxylic acid groups (broad SMARTS) is 1. The highest BCUT2D eigenvalue weighted by Crippen LogP contribution is 2.24. The summed E-state index contributed by atoms with van der Waals surface area (Å²) in [7, 11) is -3.87. The van der Waals surface area contributed by atoms with Gasteiger partial charge < -0.3 is 14.7 Å². The van der Waals surface area contributed by atoms with Gasteiger partial charge in [0.1, 0.15) is 5.75 Å². The maximum absolute atomic E-state index is 12.2. The van der Waals surface area contributed by atoms with E-state index in [9.17, 15) is 26.4 Å². The molecular formula is C14H17F3N2O5S. The largest absolute Gasteiger partial charge is 0.573 e. The summed E-state index contributed by atoms with van der Waals surface area (Å²) in [6.45, 7) is 0.813. The minimum atomic E-state index is -4.84. The number of nitrogens with one attached hydrogen (secondary N) is 1. The van der Waals surface area contributed by atoms with E-state index in [0.29, 0.717) is 25.9 Å². The van der Waals surface area contributed by atoms with Gasteiger partial charge >= 0.3 is 12.5 Å². The molecule has 7 nitrogen and oxygen atoms in total. The second-order valence-electron chi connectivity index (χ2n) is 5.58. The van der Waals surface area contributed by atoms with Crippen molar-refractivity contribution >= 4 is 16.1 Å². The topological polar surface area (TPSA) is 95.9 Å². The van der Waals surface area contributed by atoms with Gasteiger partial charge in [-0.15, -0.1) is 13.2 Å². The number of nitrogens with zero attached hydrogens (tertiary/aromatic N) is 1. The number of alkyl halides is 3. The molecule has 140 valence electrons. The van der Waals surface area contributed by atoms with E-state index in [1.54, 1.807) is 0 Å². The Hall–Kier alpha value is -2.01. The Labute approximate surface area is 142 Å². The van der Waals surface area contributed by atoms with Crippen molar-refractivity contribution in [2.75, 3.05) is 19.6 Å². The van der Waals surface area contributed by atoms with Crippen LogP contribution in [0.3, 0.4) is 0 Å². The predicted octanol–water partition coefficient (Wildman–Crippen LogP) is 2.25. The highest BCUT2D eigenvalue weighted by atomic mass is 32.2. The molecule has 1 aromatic rings. The Balaban J connectivity index is 1.90. The quantitative estimate of drug-likeness (QED) is 0.814. The van der Waals surface area contributed by atoms with Gasteiger partial charge in [0.15, 0.2) is 0 Å². The first-order valence-corrected chi connectivity index (χ1v) is 8.88. The minimum Gasteiger partial charge on any atom is -0.465 e. The number of benzene rings is 1. The Morgan fingerprint density at radius 1 is 1.24 bits per heavy atom. The number of hydrogen-bond acceptors (Lipinski definition) is 4. The summed E-state index contributed by atoms with van der Waals surface area (Å²) < 4.78 is 66.7. The molecule has 1 fully saturated rings. The molecule has 25 heavy (non-hydrogen) atoms. The summed E-state index contributed by atoms with van der Waals surface area (Å²) >= 11 is 0. The average Bonchev–Trinajstić information content (AvgIpc) is 2.52. The van der Waals surface area contributed by atoms with Gasteiger partial charge in [-0.25, -0.2) is 17.9 Å². The molecule has 1 heterocycles. The van der Waals surface area contributed by atoms with Crippen molar-refractivity contribution in [2.45, 2.75) is 24.1 Å². The average molecular weight is 382 g/mol. The van der Waals surface area contributed by atoms with Gasteiger partial charge in [-0.2, -0.15) is 0 Å². The molecule has 0 radical (unpaired) electrons. The summed E-state index contributed by atoms with van der Waals surface area (Å²) in [5.74, 6) is -0.509. The first-order valence-electron chi connectivity index (χ1n) is 7.40. The lowest BCUT2D eigenvalue weighted by Gasteiger charge is -2.29. The van der Waals surface area contributed by atoms with E-state index < -0.39 is 28.2 Å². The van der Waals surface area contributed by atoms with Crippen LogP contribution in [-0.4, -0.2) is 50.5 Å². The fourth-order valence-corrected chi connectivity index (χ4v) is 3.58. The molecule has 0 spiro atoms. The Morgan fingerprint density at radius 2 is 1.80 bits per heavy atom. The van der Waals surface area contributed by atoms with Crippen LogP contribution in [-0.2, 0) is 10.0 Å². The van der Waals surface area contributed by atoms with Crippen molar-refractivity contribution in [3.63, 3.8) is 0 Å². The smallest absolute Gasteiger partial charge is 0.465 e. The lowest BCUT2D eigenvalue weighted by Crippen LogP contribution is -2.40. The molecule has 1 aromatic carbocycles. The zero-order valence-electron chi connectivity index (χ0n) is 13.0. The summed E-state index contributed by atoms with van der Waals surface area (Å²) in [4.78, 5) is 11.9. The number of amides is 1. The normalized spacial score (nSPS) is 16.7. The van der Waals surface area contributed by atoms with Crippen LogP contribution in [0.4, 0.5) is 18.0 Å². The summed E-state index contributed by atoms with van der Waals surface area (Å²) in [6.07, 6.45) is -4.77. The van der Waals surface area contributed by atoms with Crippen molar-refractivity contribution in [3.8, 4) is 5.75 Å². The van der Waals surface area contributed by atoms with Crippen LogP contribution in [0.15, 0.2) is 29.2 Å². The lowest BCUT2D eigenvalue weighted by molar-refractivity contribution is -0.274. The monoisotopic (exact) mass is 382 g/mol. The minimum absolute atomic E-state index is 0.00166. The molecule has 0 atom stereocenters. The Morgan fingerprint density at radius 3 is 2.28 bits per heavy atom. The molecular weight excluding hydrogens is 365 g/mol. The van der Waals surface area contributed by atoms with E-state index in [-0.39, 0.29) is 17.4 Å². The van der Waals surface area contributed by atoms with Crippen LogP contribution in [0.25, 0.3) is 0 Å². The molecule has 2 N–H and O–H groups in total. The van der Waals surface area contributed by atoms with Gasteiger partial charge in [0.25, 0.3) is 0 Å². The van der Waals surface area contributed by atoms with Crippen molar-refractivity contribution in [3.05, 3.63) is 24.3 Å². The second kappa shape index (κ2) is 7.48. The maximum atomic E-state index is 12.2. The van der Waals surface area contributed by atoms with E-state index in [1.807, 2.05) is 0 Å². The number of carbonyl (C=O) groups is 1. The number of hydrogen-bond donors (Lipinski definition) is 2. The summed E-state index contributed by atoms with van der Waals surface area (Å²) in [6, 6.07) is 3.90. The van der Waals surface area contributed by atoms with Crippen LogP contribution in [0.2, 0.25) is 0 Å². The summed E-state index contributed by atoms with van der Waals surface area (Å²) in [5, 5.41) is 8.86. The molecule has 1 aliphatic rings. The highest BCUT2D eigenvalue weighted by Gasteiger charge is 2.31. The third-order valence-corrected chi connectivity index (χ3v) is 5.25. The molecule has 0 saturated carbocycles. The van der Waals surface area contributed by atoms with Crippen molar-refractivity contribution < 1.29 is 36.2 Å². The first-order chi connectivity index (χ1) is 11.6. The van der Waals surface area contributed by atoms with E-state index in [1.165, 1.54) is 4.90 Å². The van der Waals surface area contributed by atoms with Crippen molar-refractivity contribution in [1.29, 1.82) is 0 Å². The first kappa shape index (κ1) is 19.3. The third kappa shape index (κ3) is 5.78. The molecule has 0 unspecified atom stereocenters. The van der Waals surface area contributed by atoms with Gasteiger partial charge in [-0.1, -0.05) is 0 Å². The number of halogens is 3. The molecule has 0 aromatic heterocycles. The number of sulfonamides is 1. The molecule has 0 bridgehead atoms. The zero-order chi connectivity index (χ0) is 18.7. The number of rotatable bonds is 5. The van der Waals surface area contributed by atoms with Crippen molar-refractivity contribution in [1.82, 2.24) is 9.62 Å². The SMILES string of the molecule is O=C(O)N1CCC(CNS(=O)(=O)c2ccc(OC(F)(F)F)cc2)CC1. The van der Waals surface area contributed by atoms with Gasteiger partial charge in [-0.3, -0.25) is 0 Å². The van der Waals surface area contributed by atoms with Crippen LogP contribution in [0.1, 0.15) is 12.8 Å². The molecule has 1 aliphatic heterocycles. The fraction of sp³-hybridized carbons (Fsp3) is 0.500. The van der Waals surface area contributed by atoms with Crippen molar-refractivity contribution in [2.24, 2.45) is 5.92 Å². The predicted molar refractivity (Wildman–Crippen MR) is 80.6 cm³/mol. The Kier molecular flexibility index (Phi) is 5.78. The van der Waals surface area contributed by atoms with Gasteiger partial charge in [-0.05, 0) is 43.0 Å². The van der Waals surface area contributed by atoms with Gasteiger partial charge in [0, 0.05) is 19.6 Å². The molecule has 11 heteroatoms. The molecule has 1 saturated heterocycles. The van der Waals surface area contributed by atoms with Crippen LogP contribution in [0.5, 0.6) is 5.75 Å². The number of piperidine rings is 1. The standard InChI is InChI=1S/C14H17F3N2O5S/c15-14(16,17)24-11-1-3-12(4-2-11)25(22,23)18-9-10-5-7-19(8-6-10)13(20)21/h1-4,10,18H,5-9H2,(H,20,21). The number of ether oxygens (including phenoxy) is 1. The fourth-order valence-electron chi connectivity index (χ4n) is 2.46. The third-order valence-electron chi connectivity index (χ3n) is 3.81. The number of likely N-dealkylation sites (tertiary alicyclic amines) is 1. The van der Waals surface area contributed by atoms with Gasteiger partial charge in [0.05, 0.1) is 4.90 Å². The lowest BCUT2D eigenvalue weighted by atomic mass is 9.97. The van der Waals surface area contributed by atoms with Crippen LogP contribution in [0, 0.1) is 5.92 Å². The van der Waals surface area contributed by atoms with Gasteiger partial charge in [0.2, 0.25) is 10.0 Å². The second-order valence-corrected chi connectivity index (χ2v) is 7.35. The Bertz CT molecular complexity index is 698. The van der Waals surface area contributed by atoms with E-state index >= 15 is 0 Å². The van der Waals surface area contributed by atoms with Crippen LogP contribution < -0.4 is 9.46 Å². The van der Waals surface area contributed by atoms with Crippen LogP contribution >= 0.6 is 0 Å². The van der Waals surface area contributed by atoms with E-state index in [4.69, 9.17) is 5.11 Å². The molecule has 2 rings (SSSR count). The summed E-state index contributed by atoms with van der Waals surface area (Å²) in [5.41, 5.74) is 0. The van der Waals surface area contributed by atoms with E-state index in [0.717, 1.165) is 24.3 Å². The highest BCUT2D eigenvalue weighted by molar-refractivity contribution is 7.89. The van der Waals surface area contributed by atoms with E-state index in [2.05, 4.69) is 9.46 Å².